The molecule has 3 amide bonds. The van der Waals surface area contributed by atoms with Crippen molar-refractivity contribution in [3.05, 3.63) is 131 Å². The van der Waals surface area contributed by atoms with Gasteiger partial charge in [-0.25, -0.2) is 0 Å². The van der Waals surface area contributed by atoms with Gasteiger partial charge in [-0.1, -0.05) is 66.2 Å². The molecule has 1 heterocycles. The zero-order valence-electron chi connectivity index (χ0n) is 22.8. The van der Waals surface area contributed by atoms with Crippen LogP contribution in [0.1, 0.15) is 33.5 Å². The van der Waals surface area contributed by atoms with Gasteiger partial charge < -0.3 is 15.5 Å². The molecule has 6 nitrogen and oxygen atoms in total. The molecule has 206 valence electrons. The van der Waals surface area contributed by atoms with Crippen LogP contribution in [0.3, 0.4) is 0 Å². The summed E-state index contributed by atoms with van der Waals surface area (Å²) in [6, 6.07) is 31.9. The maximum atomic E-state index is 13.3. The Morgan fingerprint density at radius 1 is 0.878 bits per heavy atom. The van der Waals surface area contributed by atoms with Gasteiger partial charge in [0.1, 0.15) is 5.70 Å². The molecule has 0 aliphatic carbocycles. The Labute approximate surface area is 244 Å². The van der Waals surface area contributed by atoms with E-state index in [1.165, 1.54) is 17.3 Å². The Hall–Kier alpha value is -4.62. The molecule has 41 heavy (non-hydrogen) atoms. The van der Waals surface area contributed by atoms with Gasteiger partial charge in [0, 0.05) is 28.4 Å². The number of hydrogen-bond donors (Lipinski definition) is 2. The lowest BCUT2D eigenvalue weighted by Crippen LogP contribution is -2.36. The fourth-order valence-electron chi connectivity index (χ4n) is 4.72. The minimum absolute atomic E-state index is 0.0830. The fourth-order valence-corrected chi connectivity index (χ4v) is 5.49. The first kappa shape index (κ1) is 27.9. The molecule has 0 radical (unpaired) electrons. The molecule has 4 aromatic rings. The van der Waals surface area contributed by atoms with E-state index in [1.54, 1.807) is 42.5 Å². The number of carbonyl (C=O) groups excluding carboxylic acids is 3. The predicted molar refractivity (Wildman–Crippen MR) is 166 cm³/mol. The topological polar surface area (TPSA) is 78.5 Å². The Kier molecular flexibility index (Phi) is 8.96. The zero-order chi connectivity index (χ0) is 28.6. The average Bonchev–Trinajstić information content (AvgIpc) is 3.00. The van der Waals surface area contributed by atoms with Crippen molar-refractivity contribution in [2.24, 2.45) is 0 Å². The minimum atomic E-state index is -0.435. The van der Waals surface area contributed by atoms with Gasteiger partial charge in [-0.2, -0.15) is 0 Å². The number of hydrogen-bond acceptors (Lipinski definition) is 4. The van der Waals surface area contributed by atoms with E-state index < -0.39 is 5.91 Å². The van der Waals surface area contributed by atoms with Gasteiger partial charge in [0.15, 0.2) is 0 Å². The first-order valence-electron chi connectivity index (χ1n) is 13.5. The summed E-state index contributed by atoms with van der Waals surface area (Å²) in [5.41, 5.74) is 5.25. The molecule has 0 aromatic heterocycles. The van der Waals surface area contributed by atoms with Crippen molar-refractivity contribution in [2.45, 2.75) is 24.7 Å². The van der Waals surface area contributed by atoms with E-state index in [0.717, 1.165) is 41.1 Å². The molecule has 4 aromatic carbocycles. The van der Waals surface area contributed by atoms with Crippen molar-refractivity contribution in [3.8, 4) is 0 Å². The van der Waals surface area contributed by atoms with Gasteiger partial charge in [0.2, 0.25) is 5.91 Å². The molecule has 0 saturated carbocycles. The Morgan fingerprint density at radius 3 is 2.41 bits per heavy atom. The summed E-state index contributed by atoms with van der Waals surface area (Å²) in [6.45, 7) is 2.71. The molecule has 0 spiro atoms. The molecular weight excluding hydrogens is 530 g/mol. The van der Waals surface area contributed by atoms with Crippen LogP contribution in [0.4, 0.5) is 11.4 Å². The quantitative estimate of drug-likeness (QED) is 0.191. The van der Waals surface area contributed by atoms with E-state index in [4.69, 9.17) is 0 Å². The van der Waals surface area contributed by atoms with Gasteiger partial charge in [-0.3, -0.25) is 14.4 Å². The van der Waals surface area contributed by atoms with E-state index >= 15 is 0 Å². The van der Waals surface area contributed by atoms with Crippen molar-refractivity contribution in [1.82, 2.24) is 5.32 Å². The SMILES string of the molecule is Cc1cccc(/C=C(\NC(=O)c2ccccc2)C(=O)Nc2ccc(SCC(=O)N3CCCc4ccccc43)cc2)c1. The number of nitrogens with zero attached hydrogens (tertiary/aromatic N) is 1. The van der Waals surface area contributed by atoms with Gasteiger partial charge in [-0.05, 0) is 79.4 Å². The molecule has 1 aliphatic rings. The largest absolute Gasteiger partial charge is 0.321 e. The number of para-hydroxylation sites is 1. The van der Waals surface area contributed by atoms with E-state index in [1.807, 2.05) is 72.5 Å². The summed E-state index contributed by atoms with van der Waals surface area (Å²) < 4.78 is 0. The lowest BCUT2D eigenvalue weighted by Gasteiger charge is -2.29. The summed E-state index contributed by atoms with van der Waals surface area (Å²) in [6.07, 6.45) is 3.63. The van der Waals surface area contributed by atoms with Crippen LogP contribution >= 0.6 is 11.8 Å². The lowest BCUT2D eigenvalue weighted by molar-refractivity contribution is -0.116. The van der Waals surface area contributed by atoms with Crippen LogP contribution in [0.5, 0.6) is 0 Å². The van der Waals surface area contributed by atoms with Crippen molar-refractivity contribution in [1.29, 1.82) is 0 Å². The molecule has 0 atom stereocenters. The van der Waals surface area contributed by atoms with E-state index in [2.05, 4.69) is 16.7 Å². The van der Waals surface area contributed by atoms with E-state index in [0.29, 0.717) is 17.0 Å². The summed E-state index contributed by atoms with van der Waals surface area (Å²) >= 11 is 1.47. The van der Waals surface area contributed by atoms with Crippen LogP contribution in [-0.4, -0.2) is 30.0 Å². The minimum Gasteiger partial charge on any atom is -0.321 e. The Balaban J connectivity index is 1.24. The third-order valence-corrected chi connectivity index (χ3v) is 7.76. The summed E-state index contributed by atoms with van der Waals surface area (Å²) in [7, 11) is 0. The highest BCUT2D eigenvalue weighted by molar-refractivity contribution is 8.00. The lowest BCUT2D eigenvalue weighted by atomic mass is 10.0. The number of aryl methyl sites for hydroxylation is 2. The number of benzene rings is 4. The standard InChI is InChI=1S/C34H31N3O3S/c1-24-9-7-10-25(21-24)22-30(36-33(39)27-12-3-2-4-13-27)34(40)35-28-16-18-29(19-17-28)41-23-32(38)37-20-8-14-26-11-5-6-15-31(26)37/h2-7,9-13,15-19,21-22H,8,14,20,23H2,1H3,(H,35,40)(H,36,39)/b30-22-. The maximum Gasteiger partial charge on any atom is 0.272 e. The fraction of sp³-hybridized carbons (Fsp3) is 0.147. The summed E-state index contributed by atoms with van der Waals surface area (Å²) in [5, 5.41) is 5.65. The van der Waals surface area contributed by atoms with Crippen LogP contribution in [0, 0.1) is 6.92 Å². The smallest absolute Gasteiger partial charge is 0.272 e. The second-order valence-electron chi connectivity index (χ2n) is 9.84. The number of rotatable bonds is 8. The number of amides is 3. The highest BCUT2D eigenvalue weighted by Gasteiger charge is 2.22. The van der Waals surface area contributed by atoms with Crippen LogP contribution in [0.15, 0.2) is 114 Å². The molecule has 7 heteroatoms. The van der Waals surface area contributed by atoms with Crippen molar-refractivity contribution in [2.75, 3.05) is 22.5 Å². The third-order valence-electron chi connectivity index (χ3n) is 6.77. The number of carbonyl (C=O) groups is 3. The summed E-state index contributed by atoms with van der Waals surface area (Å²) in [5.74, 6) is -0.392. The number of anilines is 2. The van der Waals surface area contributed by atoms with E-state index in [9.17, 15) is 14.4 Å². The highest BCUT2D eigenvalue weighted by Crippen LogP contribution is 2.28. The normalized spacial score (nSPS) is 12.8. The number of thioether (sulfide) groups is 1. The zero-order valence-corrected chi connectivity index (χ0v) is 23.6. The Morgan fingerprint density at radius 2 is 1.63 bits per heavy atom. The molecule has 1 aliphatic heterocycles. The molecule has 0 fully saturated rings. The van der Waals surface area contributed by atoms with Gasteiger partial charge in [0.05, 0.1) is 5.75 Å². The average molecular weight is 562 g/mol. The van der Waals surface area contributed by atoms with Crippen LogP contribution in [0.25, 0.3) is 6.08 Å². The molecule has 0 bridgehead atoms. The maximum absolute atomic E-state index is 13.3. The number of nitrogens with one attached hydrogen (secondary N) is 2. The summed E-state index contributed by atoms with van der Waals surface area (Å²) in [4.78, 5) is 41.9. The Bertz CT molecular complexity index is 1580. The van der Waals surface area contributed by atoms with Crippen LogP contribution in [0.2, 0.25) is 0 Å². The first-order valence-corrected chi connectivity index (χ1v) is 14.5. The molecule has 2 N–H and O–H groups in total. The third kappa shape index (κ3) is 7.32. The predicted octanol–water partition coefficient (Wildman–Crippen LogP) is 6.48. The van der Waals surface area contributed by atoms with E-state index in [-0.39, 0.29) is 17.5 Å². The van der Waals surface area contributed by atoms with Crippen molar-refractivity contribution >= 4 is 46.9 Å². The molecule has 5 rings (SSSR count). The highest BCUT2D eigenvalue weighted by atomic mass is 32.2. The first-order chi connectivity index (χ1) is 20.0. The number of fused-ring (bicyclic) bond motifs is 1. The van der Waals surface area contributed by atoms with Crippen LogP contribution < -0.4 is 15.5 Å². The van der Waals surface area contributed by atoms with Crippen molar-refractivity contribution < 1.29 is 14.4 Å². The monoisotopic (exact) mass is 561 g/mol. The van der Waals surface area contributed by atoms with Crippen LogP contribution in [-0.2, 0) is 16.0 Å². The van der Waals surface area contributed by atoms with Crippen molar-refractivity contribution in [3.63, 3.8) is 0 Å². The molecule has 0 saturated heterocycles. The second kappa shape index (κ2) is 13.2. The molecule has 0 unspecified atom stereocenters. The van der Waals surface area contributed by atoms with Gasteiger partial charge >= 0.3 is 0 Å². The molecular formula is C34H31N3O3S. The van der Waals surface area contributed by atoms with Gasteiger partial charge in [0.25, 0.3) is 11.8 Å². The van der Waals surface area contributed by atoms with Gasteiger partial charge in [-0.15, -0.1) is 11.8 Å². The second-order valence-corrected chi connectivity index (χ2v) is 10.9.